The number of hydrogen-bond acceptors (Lipinski definition) is 3. The van der Waals surface area contributed by atoms with E-state index in [4.69, 9.17) is 0 Å². The van der Waals surface area contributed by atoms with E-state index in [1.807, 2.05) is 58.7 Å². The lowest BCUT2D eigenvalue weighted by molar-refractivity contribution is 0.252. The molecule has 0 aliphatic carbocycles. The molecule has 2 amide bonds. The zero-order valence-corrected chi connectivity index (χ0v) is 12.7. The Balaban J connectivity index is 1.51. The van der Waals surface area contributed by atoms with Crippen LogP contribution >= 0.6 is 11.3 Å². The summed E-state index contributed by atoms with van der Waals surface area (Å²) in [5.41, 5.74) is 1.90. The van der Waals surface area contributed by atoms with Crippen molar-refractivity contribution in [2.24, 2.45) is 0 Å². The first kappa shape index (κ1) is 14.3. The molecule has 112 valence electrons. The van der Waals surface area contributed by atoms with Gasteiger partial charge >= 0.3 is 6.03 Å². The molecule has 0 radical (unpaired) electrons. The Morgan fingerprint density at radius 1 is 1.18 bits per heavy atom. The van der Waals surface area contributed by atoms with Gasteiger partial charge in [0.15, 0.2) is 0 Å². The molecule has 0 spiro atoms. The Labute approximate surface area is 132 Å². The Kier molecular flexibility index (Phi) is 4.50. The molecule has 0 unspecified atom stereocenters. The SMILES string of the molecule is O=C(NCc1cccs1)Nc1ccc(Cn2cccn2)cc1. The molecule has 3 aromatic rings. The third-order valence-electron chi connectivity index (χ3n) is 3.12. The van der Waals surface area contributed by atoms with Gasteiger partial charge in [0.1, 0.15) is 0 Å². The maximum absolute atomic E-state index is 11.8. The second-order valence-electron chi connectivity index (χ2n) is 4.79. The smallest absolute Gasteiger partial charge is 0.319 e. The molecule has 0 saturated heterocycles. The lowest BCUT2D eigenvalue weighted by Gasteiger charge is -2.08. The second-order valence-corrected chi connectivity index (χ2v) is 5.82. The Morgan fingerprint density at radius 3 is 2.73 bits per heavy atom. The molecule has 1 aromatic carbocycles. The van der Waals surface area contributed by atoms with Crippen molar-refractivity contribution in [1.29, 1.82) is 0 Å². The van der Waals surface area contributed by atoms with E-state index in [1.54, 1.807) is 17.5 Å². The fourth-order valence-corrected chi connectivity index (χ4v) is 2.67. The summed E-state index contributed by atoms with van der Waals surface area (Å²) in [5.74, 6) is 0. The number of aromatic nitrogens is 2. The van der Waals surface area contributed by atoms with E-state index >= 15 is 0 Å². The molecule has 0 fully saturated rings. The van der Waals surface area contributed by atoms with Gasteiger partial charge in [-0.3, -0.25) is 4.68 Å². The van der Waals surface area contributed by atoms with Crippen molar-refractivity contribution >= 4 is 23.1 Å². The molecule has 5 nitrogen and oxygen atoms in total. The first-order chi connectivity index (χ1) is 10.8. The van der Waals surface area contributed by atoms with Crippen LogP contribution in [0.4, 0.5) is 10.5 Å². The number of thiophene rings is 1. The van der Waals surface area contributed by atoms with Gasteiger partial charge in [0.2, 0.25) is 0 Å². The molecule has 0 saturated carbocycles. The zero-order chi connectivity index (χ0) is 15.2. The maximum atomic E-state index is 11.8. The third-order valence-corrected chi connectivity index (χ3v) is 4.00. The molecule has 0 aliphatic heterocycles. The Bertz CT molecular complexity index is 705. The highest BCUT2D eigenvalue weighted by molar-refractivity contribution is 7.09. The lowest BCUT2D eigenvalue weighted by Crippen LogP contribution is -2.27. The van der Waals surface area contributed by atoms with E-state index in [-0.39, 0.29) is 6.03 Å². The average Bonchev–Trinajstić information content (AvgIpc) is 3.20. The van der Waals surface area contributed by atoms with Crippen LogP contribution in [0.2, 0.25) is 0 Å². The van der Waals surface area contributed by atoms with Gasteiger partial charge in [-0.15, -0.1) is 11.3 Å². The van der Waals surface area contributed by atoms with E-state index < -0.39 is 0 Å². The number of anilines is 1. The number of hydrogen-bond donors (Lipinski definition) is 2. The largest absolute Gasteiger partial charge is 0.333 e. The summed E-state index contributed by atoms with van der Waals surface area (Å²) in [7, 11) is 0. The number of rotatable bonds is 5. The average molecular weight is 312 g/mol. The Hall–Kier alpha value is -2.60. The van der Waals surface area contributed by atoms with Crippen molar-refractivity contribution in [2.45, 2.75) is 13.1 Å². The predicted octanol–water partition coefficient (Wildman–Crippen LogP) is 3.31. The van der Waals surface area contributed by atoms with E-state index in [0.29, 0.717) is 6.54 Å². The fraction of sp³-hybridized carbons (Fsp3) is 0.125. The minimum atomic E-state index is -0.201. The monoisotopic (exact) mass is 312 g/mol. The minimum Gasteiger partial charge on any atom is -0.333 e. The molecule has 3 rings (SSSR count). The first-order valence-corrected chi connectivity index (χ1v) is 7.81. The van der Waals surface area contributed by atoms with E-state index in [1.165, 1.54) is 0 Å². The molecule has 6 heteroatoms. The number of carbonyl (C=O) groups excluding carboxylic acids is 1. The second kappa shape index (κ2) is 6.91. The van der Waals surface area contributed by atoms with Crippen LogP contribution in [0, 0.1) is 0 Å². The molecular formula is C16H16N4OS. The first-order valence-electron chi connectivity index (χ1n) is 6.93. The van der Waals surface area contributed by atoms with Crippen LogP contribution in [0.1, 0.15) is 10.4 Å². The number of nitrogens with one attached hydrogen (secondary N) is 2. The van der Waals surface area contributed by atoms with Gasteiger partial charge in [0.25, 0.3) is 0 Å². The van der Waals surface area contributed by atoms with Crippen LogP contribution in [0.5, 0.6) is 0 Å². The molecule has 2 aromatic heterocycles. The lowest BCUT2D eigenvalue weighted by atomic mass is 10.2. The van der Waals surface area contributed by atoms with Crippen LogP contribution in [0.25, 0.3) is 0 Å². The van der Waals surface area contributed by atoms with Crippen molar-refractivity contribution in [3.05, 3.63) is 70.7 Å². The van der Waals surface area contributed by atoms with Crippen LogP contribution in [-0.2, 0) is 13.1 Å². The van der Waals surface area contributed by atoms with E-state index in [2.05, 4.69) is 15.7 Å². The predicted molar refractivity (Wildman–Crippen MR) is 87.9 cm³/mol. The van der Waals surface area contributed by atoms with Crippen molar-refractivity contribution in [1.82, 2.24) is 15.1 Å². The van der Waals surface area contributed by atoms with Crippen LogP contribution in [0.15, 0.2) is 60.2 Å². The molecule has 0 bridgehead atoms. The van der Waals surface area contributed by atoms with Crippen molar-refractivity contribution < 1.29 is 4.79 Å². The van der Waals surface area contributed by atoms with Gasteiger partial charge in [-0.05, 0) is 35.2 Å². The van der Waals surface area contributed by atoms with Crippen LogP contribution in [-0.4, -0.2) is 15.8 Å². The van der Waals surface area contributed by atoms with E-state index in [0.717, 1.165) is 22.7 Å². The maximum Gasteiger partial charge on any atom is 0.319 e. The zero-order valence-electron chi connectivity index (χ0n) is 11.9. The van der Waals surface area contributed by atoms with Gasteiger partial charge in [-0.1, -0.05) is 18.2 Å². The quantitative estimate of drug-likeness (QED) is 0.759. The van der Waals surface area contributed by atoms with Crippen LogP contribution < -0.4 is 10.6 Å². The summed E-state index contributed by atoms with van der Waals surface area (Å²) in [6, 6.07) is 13.4. The fourth-order valence-electron chi connectivity index (χ4n) is 2.03. The Morgan fingerprint density at radius 2 is 2.05 bits per heavy atom. The third kappa shape index (κ3) is 3.95. The van der Waals surface area contributed by atoms with E-state index in [9.17, 15) is 4.79 Å². The van der Waals surface area contributed by atoms with Gasteiger partial charge in [-0.25, -0.2) is 4.79 Å². The molecule has 22 heavy (non-hydrogen) atoms. The summed E-state index contributed by atoms with van der Waals surface area (Å²) < 4.78 is 1.86. The van der Waals surface area contributed by atoms with Gasteiger partial charge in [0.05, 0.1) is 13.1 Å². The molecule has 2 N–H and O–H groups in total. The summed E-state index contributed by atoms with van der Waals surface area (Å²) >= 11 is 1.62. The number of benzene rings is 1. The topological polar surface area (TPSA) is 59.0 Å². The number of carbonyl (C=O) groups is 1. The highest BCUT2D eigenvalue weighted by Crippen LogP contribution is 2.11. The highest BCUT2D eigenvalue weighted by Gasteiger charge is 2.02. The molecular weight excluding hydrogens is 296 g/mol. The van der Waals surface area contributed by atoms with Crippen molar-refractivity contribution in [3.63, 3.8) is 0 Å². The summed E-state index contributed by atoms with van der Waals surface area (Å²) in [4.78, 5) is 12.9. The highest BCUT2D eigenvalue weighted by atomic mass is 32.1. The summed E-state index contributed by atoms with van der Waals surface area (Å²) in [6.45, 7) is 1.26. The van der Waals surface area contributed by atoms with Crippen molar-refractivity contribution in [3.8, 4) is 0 Å². The number of urea groups is 1. The minimum absolute atomic E-state index is 0.201. The standard InChI is InChI=1S/C16H16N4OS/c21-16(17-11-15-3-1-10-22-15)19-14-6-4-13(5-7-14)12-20-9-2-8-18-20/h1-10H,11-12H2,(H2,17,19,21). The molecule has 0 aliphatic rings. The van der Waals surface area contributed by atoms with Crippen LogP contribution in [0.3, 0.4) is 0 Å². The normalized spacial score (nSPS) is 10.4. The van der Waals surface area contributed by atoms with Gasteiger partial charge < -0.3 is 10.6 Å². The molecule has 0 atom stereocenters. The number of amides is 2. The number of nitrogens with zero attached hydrogens (tertiary/aromatic N) is 2. The van der Waals surface area contributed by atoms with Crippen molar-refractivity contribution in [2.75, 3.05) is 5.32 Å². The molecule has 2 heterocycles. The summed E-state index contributed by atoms with van der Waals surface area (Å²) in [5, 5.41) is 11.8. The summed E-state index contributed by atoms with van der Waals surface area (Å²) in [6.07, 6.45) is 3.68. The van der Waals surface area contributed by atoms with Gasteiger partial charge in [0, 0.05) is 23.0 Å². The van der Waals surface area contributed by atoms with Gasteiger partial charge in [-0.2, -0.15) is 5.10 Å².